The molecule has 0 spiro atoms. The molecule has 0 atom stereocenters. The Hall–Kier alpha value is -1.35. The van der Waals surface area contributed by atoms with Gasteiger partial charge in [-0.15, -0.1) is 0 Å². The van der Waals surface area contributed by atoms with E-state index >= 15 is 0 Å². The Kier molecular flexibility index (Phi) is 4.37. The van der Waals surface area contributed by atoms with E-state index in [0.29, 0.717) is 0 Å². The van der Waals surface area contributed by atoms with Gasteiger partial charge in [0.15, 0.2) is 0 Å². The Labute approximate surface area is 110 Å². The average molecular weight is 245 g/mol. The highest BCUT2D eigenvalue weighted by molar-refractivity contribution is 5.42. The molecule has 0 amide bonds. The van der Waals surface area contributed by atoms with Gasteiger partial charge in [-0.1, -0.05) is 12.2 Å². The quantitative estimate of drug-likeness (QED) is 0.749. The topological polar surface area (TPSA) is 28.2 Å². The average Bonchev–Trinajstić information content (AvgIpc) is 3.17. The van der Waals surface area contributed by atoms with E-state index in [-0.39, 0.29) is 0 Å². The largest absolute Gasteiger partial charge is 0.353 e. The minimum absolute atomic E-state index is 0.749. The number of nitrogens with zero attached hydrogens (tertiary/aromatic N) is 2. The van der Waals surface area contributed by atoms with E-state index in [0.717, 1.165) is 31.5 Å². The first-order valence-corrected chi connectivity index (χ1v) is 6.76. The number of pyridine rings is 1. The van der Waals surface area contributed by atoms with E-state index in [1.807, 2.05) is 6.20 Å². The van der Waals surface area contributed by atoms with Gasteiger partial charge in [-0.05, 0) is 44.4 Å². The van der Waals surface area contributed by atoms with Gasteiger partial charge in [0.05, 0.1) is 0 Å². The number of rotatable bonds is 7. The lowest BCUT2D eigenvalue weighted by atomic mass is 10.2. The minimum atomic E-state index is 0.749. The van der Waals surface area contributed by atoms with Crippen molar-refractivity contribution in [1.29, 1.82) is 0 Å². The zero-order valence-electron chi connectivity index (χ0n) is 11.4. The molecule has 1 aliphatic rings. The van der Waals surface area contributed by atoms with Gasteiger partial charge in [0.2, 0.25) is 0 Å². The van der Waals surface area contributed by atoms with Gasteiger partial charge in [0.25, 0.3) is 0 Å². The second kappa shape index (κ2) is 6.01. The lowest BCUT2D eigenvalue weighted by molar-refractivity contribution is 0.686. The van der Waals surface area contributed by atoms with Crippen molar-refractivity contribution in [2.75, 3.05) is 18.0 Å². The van der Waals surface area contributed by atoms with E-state index in [9.17, 15) is 0 Å². The molecule has 2 rings (SSSR count). The number of hydrogen-bond acceptors (Lipinski definition) is 3. The van der Waals surface area contributed by atoms with Crippen molar-refractivity contribution in [3.63, 3.8) is 0 Å². The summed E-state index contributed by atoms with van der Waals surface area (Å²) in [7, 11) is 0. The normalized spacial score (nSPS) is 14.6. The molecule has 0 aliphatic heterocycles. The Balaban J connectivity index is 2.01. The summed E-state index contributed by atoms with van der Waals surface area (Å²) in [6, 6.07) is 5.02. The highest BCUT2D eigenvalue weighted by atomic mass is 15.2. The molecule has 1 aromatic heterocycles. The summed E-state index contributed by atoms with van der Waals surface area (Å²) in [6.07, 6.45) is 4.56. The van der Waals surface area contributed by atoms with Crippen LogP contribution < -0.4 is 10.2 Å². The fourth-order valence-electron chi connectivity index (χ4n) is 1.97. The summed E-state index contributed by atoms with van der Waals surface area (Å²) in [6.45, 7) is 11.0. The van der Waals surface area contributed by atoms with Crippen molar-refractivity contribution >= 4 is 5.82 Å². The predicted octanol–water partition coefficient (Wildman–Crippen LogP) is 2.74. The van der Waals surface area contributed by atoms with Gasteiger partial charge in [-0.25, -0.2) is 4.98 Å². The van der Waals surface area contributed by atoms with Crippen LogP contribution in [0.3, 0.4) is 0 Å². The molecule has 3 heteroatoms. The molecule has 0 aromatic carbocycles. The molecule has 0 saturated heterocycles. The molecular weight excluding hydrogens is 222 g/mol. The van der Waals surface area contributed by atoms with Crippen molar-refractivity contribution in [3.05, 3.63) is 36.0 Å². The molecule has 0 bridgehead atoms. The van der Waals surface area contributed by atoms with Crippen LogP contribution in [0.2, 0.25) is 0 Å². The van der Waals surface area contributed by atoms with Crippen molar-refractivity contribution < 1.29 is 0 Å². The zero-order valence-corrected chi connectivity index (χ0v) is 11.4. The van der Waals surface area contributed by atoms with Crippen LogP contribution in [-0.4, -0.2) is 24.1 Å². The molecule has 1 fully saturated rings. The number of likely N-dealkylation sites (N-methyl/N-ethyl adjacent to an activating group) is 1. The van der Waals surface area contributed by atoms with Gasteiger partial charge in [0, 0.05) is 31.9 Å². The van der Waals surface area contributed by atoms with E-state index in [4.69, 9.17) is 0 Å². The summed E-state index contributed by atoms with van der Waals surface area (Å²) in [5, 5.41) is 3.53. The maximum absolute atomic E-state index is 4.46. The van der Waals surface area contributed by atoms with Crippen molar-refractivity contribution in [1.82, 2.24) is 10.3 Å². The first-order chi connectivity index (χ1) is 8.69. The molecule has 98 valence electrons. The highest BCUT2D eigenvalue weighted by Gasteiger charge is 2.20. The van der Waals surface area contributed by atoms with Gasteiger partial charge in [-0.3, -0.25) is 0 Å². The van der Waals surface area contributed by atoms with E-state index in [1.54, 1.807) is 0 Å². The third-order valence-electron chi connectivity index (χ3n) is 3.15. The first kappa shape index (κ1) is 13.1. The van der Waals surface area contributed by atoms with Crippen LogP contribution in [-0.2, 0) is 6.54 Å². The number of hydrogen-bond donors (Lipinski definition) is 1. The van der Waals surface area contributed by atoms with Gasteiger partial charge < -0.3 is 10.2 Å². The molecular formula is C15H23N3. The maximum Gasteiger partial charge on any atom is 0.129 e. The van der Waals surface area contributed by atoms with Crippen LogP contribution in [0.1, 0.15) is 32.3 Å². The summed E-state index contributed by atoms with van der Waals surface area (Å²) in [4.78, 5) is 6.72. The third-order valence-corrected chi connectivity index (χ3v) is 3.15. The maximum atomic E-state index is 4.46. The molecule has 1 saturated carbocycles. The van der Waals surface area contributed by atoms with Crippen LogP contribution >= 0.6 is 0 Å². The minimum Gasteiger partial charge on any atom is -0.353 e. The number of anilines is 1. The Morgan fingerprint density at radius 1 is 1.56 bits per heavy atom. The van der Waals surface area contributed by atoms with Crippen LogP contribution in [0.4, 0.5) is 5.82 Å². The van der Waals surface area contributed by atoms with Crippen LogP contribution in [0.15, 0.2) is 30.5 Å². The molecule has 1 heterocycles. The van der Waals surface area contributed by atoms with E-state index in [1.165, 1.54) is 24.0 Å². The fourth-order valence-corrected chi connectivity index (χ4v) is 1.97. The van der Waals surface area contributed by atoms with Crippen molar-refractivity contribution in [3.8, 4) is 0 Å². The van der Waals surface area contributed by atoms with Crippen LogP contribution in [0, 0.1) is 0 Å². The molecule has 1 N–H and O–H groups in total. The molecule has 18 heavy (non-hydrogen) atoms. The van der Waals surface area contributed by atoms with Crippen molar-refractivity contribution in [2.45, 2.75) is 39.3 Å². The van der Waals surface area contributed by atoms with Crippen LogP contribution in [0.25, 0.3) is 0 Å². The second-order valence-electron chi connectivity index (χ2n) is 5.15. The Morgan fingerprint density at radius 3 is 2.94 bits per heavy atom. The smallest absolute Gasteiger partial charge is 0.129 e. The highest BCUT2D eigenvalue weighted by Crippen LogP contribution is 2.20. The second-order valence-corrected chi connectivity index (χ2v) is 5.15. The van der Waals surface area contributed by atoms with Crippen molar-refractivity contribution in [2.24, 2.45) is 0 Å². The summed E-state index contributed by atoms with van der Waals surface area (Å²) in [5.41, 5.74) is 2.48. The van der Waals surface area contributed by atoms with E-state index < -0.39 is 0 Å². The molecule has 3 nitrogen and oxygen atoms in total. The number of aromatic nitrogens is 1. The lowest BCUT2D eigenvalue weighted by Crippen LogP contribution is -2.25. The summed E-state index contributed by atoms with van der Waals surface area (Å²) < 4.78 is 0. The molecule has 0 unspecified atom stereocenters. The van der Waals surface area contributed by atoms with Gasteiger partial charge in [0.1, 0.15) is 5.82 Å². The predicted molar refractivity (Wildman–Crippen MR) is 76.8 cm³/mol. The SMILES string of the molecule is C=C(C)CN(CC)c1cc(CNC2CC2)ccn1. The third kappa shape index (κ3) is 3.84. The lowest BCUT2D eigenvalue weighted by Gasteiger charge is -2.22. The summed E-state index contributed by atoms with van der Waals surface area (Å²) in [5.74, 6) is 1.05. The Morgan fingerprint density at radius 2 is 2.33 bits per heavy atom. The first-order valence-electron chi connectivity index (χ1n) is 6.76. The van der Waals surface area contributed by atoms with Gasteiger partial charge >= 0.3 is 0 Å². The standard InChI is InChI=1S/C15H23N3/c1-4-18(11-12(2)3)15-9-13(7-8-16-15)10-17-14-5-6-14/h7-9,14,17H,2,4-6,10-11H2,1,3H3. The molecule has 1 aromatic rings. The van der Waals surface area contributed by atoms with E-state index in [2.05, 4.69) is 47.8 Å². The molecule has 1 aliphatic carbocycles. The number of nitrogens with one attached hydrogen (secondary N) is 1. The molecule has 0 radical (unpaired) electrons. The monoisotopic (exact) mass is 245 g/mol. The fraction of sp³-hybridized carbons (Fsp3) is 0.533. The van der Waals surface area contributed by atoms with Crippen LogP contribution in [0.5, 0.6) is 0 Å². The Bertz CT molecular complexity index is 410. The van der Waals surface area contributed by atoms with Gasteiger partial charge in [-0.2, -0.15) is 0 Å². The zero-order chi connectivity index (χ0) is 13.0. The summed E-state index contributed by atoms with van der Waals surface area (Å²) >= 11 is 0.